The highest BCUT2D eigenvalue weighted by atomic mass is 15.0. The van der Waals surface area contributed by atoms with Crippen molar-refractivity contribution in [2.45, 2.75) is 40.3 Å². The first kappa shape index (κ1) is 10.3. The maximum absolute atomic E-state index is 3.19. The van der Waals surface area contributed by atoms with Gasteiger partial charge in [-0.1, -0.05) is 0 Å². The SMILES string of the molecule is CNCc1cc(C)n(C(C)C)c1C. The molecule has 0 saturated heterocycles. The van der Waals surface area contributed by atoms with Crippen molar-refractivity contribution in [1.82, 2.24) is 9.88 Å². The summed E-state index contributed by atoms with van der Waals surface area (Å²) in [6.45, 7) is 9.78. The zero-order valence-corrected chi connectivity index (χ0v) is 9.31. The van der Waals surface area contributed by atoms with Crippen LogP contribution < -0.4 is 5.32 Å². The summed E-state index contributed by atoms with van der Waals surface area (Å²) in [5.41, 5.74) is 4.16. The van der Waals surface area contributed by atoms with Crippen LogP contribution in [-0.4, -0.2) is 11.6 Å². The van der Waals surface area contributed by atoms with Gasteiger partial charge in [0.15, 0.2) is 0 Å². The molecule has 1 rings (SSSR count). The van der Waals surface area contributed by atoms with E-state index in [4.69, 9.17) is 0 Å². The average Bonchev–Trinajstić information content (AvgIpc) is 2.28. The normalized spacial score (nSPS) is 11.2. The van der Waals surface area contributed by atoms with E-state index < -0.39 is 0 Å². The van der Waals surface area contributed by atoms with E-state index in [1.165, 1.54) is 17.0 Å². The summed E-state index contributed by atoms with van der Waals surface area (Å²) < 4.78 is 2.38. The molecule has 0 spiro atoms. The van der Waals surface area contributed by atoms with Crippen LogP contribution in [0.25, 0.3) is 0 Å². The monoisotopic (exact) mass is 180 g/mol. The van der Waals surface area contributed by atoms with E-state index in [1.807, 2.05) is 7.05 Å². The van der Waals surface area contributed by atoms with Crippen LogP contribution in [0.3, 0.4) is 0 Å². The fourth-order valence-electron chi connectivity index (χ4n) is 2.01. The molecule has 1 N–H and O–H groups in total. The lowest BCUT2D eigenvalue weighted by molar-refractivity contribution is 0.572. The van der Waals surface area contributed by atoms with E-state index in [1.54, 1.807) is 0 Å². The average molecular weight is 180 g/mol. The smallest absolute Gasteiger partial charge is 0.0279 e. The molecule has 2 heteroatoms. The number of aromatic nitrogens is 1. The summed E-state index contributed by atoms with van der Waals surface area (Å²) in [7, 11) is 1.99. The van der Waals surface area contributed by atoms with E-state index in [-0.39, 0.29) is 0 Å². The molecule has 0 amide bonds. The predicted molar refractivity (Wildman–Crippen MR) is 57.1 cm³/mol. The molecule has 0 saturated carbocycles. The third-order valence-electron chi connectivity index (χ3n) is 2.47. The molecule has 0 aliphatic rings. The van der Waals surface area contributed by atoms with Gasteiger partial charge in [0, 0.05) is 24.0 Å². The highest BCUT2D eigenvalue weighted by molar-refractivity contribution is 5.27. The van der Waals surface area contributed by atoms with Gasteiger partial charge in [0.05, 0.1) is 0 Å². The molecule has 13 heavy (non-hydrogen) atoms. The van der Waals surface area contributed by atoms with Crippen molar-refractivity contribution in [3.8, 4) is 0 Å². The van der Waals surface area contributed by atoms with E-state index in [2.05, 4.69) is 43.6 Å². The first-order valence-electron chi connectivity index (χ1n) is 4.89. The summed E-state index contributed by atoms with van der Waals surface area (Å²) in [6, 6.07) is 2.83. The Hall–Kier alpha value is -0.760. The maximum atomic E-state index is 3.19. The molecule has 1 aromatic heterocycles. The zero-order chi connectivity index (χ0) is 10.0. The van der Waals surface area contributed by atoms with Gasteiger partial charge in [0.1, 0.15) is 0 Å². The topological polar surface area (TPSA) is 17.0 Å². The van der Waals surface area contributed by atoms with Crippen LogP contribution in [0.1, 0.15) is 36.8 Å². The van der Waals surface area contributed by atoms with Gasteiger partial charge in [-0.05, 0) is 46.4 Å². The number of rotatable bonds is 3. The Morgan fingerprint density at radius 3 is 2.38 bits per heavy atom. The maximum Gasteiger partial charge on any atom is 0.0279 e. The quantitative estimate of drug-likeness (QED) is 0.756. The minimum atomic E-state index is 0.561. The Kier molecular flexibility index (Phi) is 3.15. The number of hydrogen-bond donors (Lipinski definition) is 1. The van der Waals surface area contributed by atoms with Crippen molar-refractivity contribution in [1.29, 1.82) is 0 Å². The second-order valence-electron chi connectivity index (χ2n) is 3.89. The molecule has 1 aromatic rings. The first-order valence-corrected chi connectivity index (χ1v) is 4.89. The fourth-order valence-corrected chi connectivity index (χ4v) is 2.01. The van der Waals surface area contributed by atoms with Crippen LogP contribution in [0.4, 0.5) is 0 Å². The van der Waals surface area contributed by atoms with Crippen molar-refractivity contribution >= 4 is 0 Å². The van der Waals surface area contributed by atoms with Crippen LogP contribution in [0.2, 0.25) is 0 Å². The molecular formula is C11H20N2. The molecule has 0 atom stereocenters. The number of hydrogen-bond acceptors (Lipinski definition) is 1. The van der Waals surface area contributed by atoms with Crippen molar-refractivity contribution in [2.75, 3.05) is 7.05 Å². The second kappa shape index (κ2) is 3.97. The molecule has 0 aliphatic carbocycles. The largest absolute Gasteiger partial charge is 0.346 e. The summed E-state index contributed by atoms with van der Waals surface area (Å²) in [5, 5.41) is 3.19. The van der Waals surface area contributed by atoms with Gasteiger partial charge in [0.2, 0.25) is 0 Å². The van der Waals surface area contributed by atoms with Crippen LogP contribution in [0.15, 0.2) is 6.07 Å². The lowest BCUT2D eigenvalue weighted by Crippen LogP contribution is -2.08. The Labute approximate surface area is 81.0 Å². The van der Waals surface area contributed by atoms with Gasteiger partial charge >= 0.3 is 0 Å². The van der Waals surface area contributed by atoms with E-state index in [0.29, 0.717) is 6.04 Å². The van der Waals surface area contributed by atoms with Gasteiger partial charge in [-0.15, -0.1) is 0 Å². The molecular weight excluding hydrogens is 160 g/mol. The summed E-state index contributed by atoms with van der Waals surface area (Å²) in [5.74, 6) is 0. The third kappa shape index (κ3) is 1.94. The number of nitrogens with zero attached hydrogens (tertiary/aromatic N) is 1. The van der Waals surface area contributed by atoms with Gasteiger partial charge in [-0.3, -0.25) is 0 Å². The second-order valence-corrected chi connectivity index (χ2v) is 3.89. The van der Waals surface area contributed by atoms with Crippen molar-refractivity contribution in [3.63, 3.8) is 0 Å². The van der Waals surface area contributed by atoms with Gasteiger partial charge in [-0.25, -0.2) is 0 Å². The standard InChI is InChI=1S/C11H20N2/c1-8(2)13-9(3)6-11(7-12-5)10(13)4/h6,8,12H,7H2,1-5H3. The Morgan fingerprint density at radius 2 is 2.00 bits per heavy atom. The van der Waals surface area contributed by atoms with Gasteiger partial charge in [-0.2, -0.15) is 0 Å². The Balaban J connectivity index is 3.07. The molecule has 0 radical (unpaired) electrons. The lowest BCUT2D eigenvalue weighted by Gasteiger charge is -2.13. The van der Waals surface area contributed by atoms with E-state index in [0.717, 1.165) is 6.54 Å². The highest BCUT2D eigenvalue weighted by Gasteiger charge is 2.09. The predicted octanol–water partition coefficient (Wildman–Crippen LogP) is 2.41. The van der Waals surface area contributed by atoms with Crippen molar-refractivity contribution in [2.24, 2.45) is 0 Å². The molecule has 74 valence electrons. The molecule has 0 unspecified atom stereocenters. The fraction of sp³-hybridized carbons (Fsp3) is 0.636. The number of nitrogens with one attached hydrogen (secondary N) is 1. The van der Waals surface area contributed by atoms with Crippen LogP contribution in [0.5, 0.6) is 0 Å². The van der Waals surface area contributed by atoms with Gasteiger partial charge in [0.25, 0.3) is 0 Å². The molecule has 0 aliphatic heterocycles. The molecule has 1 heterocycles. The minimum absolute atomic E-state index is 0.561. The van der Waals surface area contributed by atoms with Crippen LogP contribution >= 0.6 is 0 Å². The summed E-state index contributed by atoms with van der Waals surface area (Å²) >= 11 is 0. The van der Waals surface area contributed by atoms with Crippen molar-refractivity contribution in [3.05, 3.63) is 23.0 Å². The first-order chi connectivity index (χ1) is 6.07. The molecule has 2 nitrogen and oxygen atoms in total. The minimum Gasteiger partial charge on any atom is -0.346 e. The van der Waals surface area contributed by atoms with Crippen LogP contribution in [0, 0.1) is 13.8 Å². The number of aryl methyl sites for hydroxylation is 1. The molecule has 0 aromatic carbocycles. The molecule has 0 bridgehead atoms. The Bertz CT molecular complexity index is 285. The highest BCUT2D eigenvalue weighted by Crippen LogP contribution is 2.19. The van der Waals surface area contributed by atoms with Gasteiger partial charge < -0.3 is 9.88 Å². The van der Waals surface area contributed by atoms with E-state index >= 15 is 0 Å². The van der Waals surface area contributed by atoms with E-state index in [9.17, 15) is 0 Å². The zero-order valence-electron chi connectivity index (χ0n) is 9.31. The Morgan fingerprint density at radius 1 is 1.38 bits per heavy atom. The summed E-state index contributed by atoms with van der Waals surface area (Å²) in [6.07, 6.45) is 0. The third-order valence-corrected chi connectivity index (χ3v) is 2.47. The molecule has 0 fully saturated rings. The lowest BCUT2D eigenvalue weighted by atomic mass is 10.2. The van der Waals surface area contributed by atoms with Crippen LogP contribution in [-0.2, 0) is 6.54 Å². The summed E-state index contributed by atoms with van der Waals surface area (Å²) in [4.78, 5) is 0. The van der Waals surface area contributed by atoms with Crippen molar-refractivity contribution < 1.29 is 0 Å².